The highest BCUT2D eigenvalue weighted by Gasteiger charge is 2.11. The molecule has 3 rings (SSSR count). The molecular weight excluding hydrogens is 286 g/mol. The number of rotatable bonds is 2. The SMILES string of the molecule is N#Cc1ccc(NC(=O)c2cc3ccccc3[nH]2)c(Cl)c1. The van der Waals surface area contributed by atoms with E-state index in [9.17, 15) is 4.79 Å². The molecule has 3 aromatic rings. The fourth-order valence-corrected chi connectivity index (χ4v) is 2.30. The van der Waals surface area contributed by atoms with E-state index in [1.807, 2.05) is 30.3 Å². The molecule has 1 aromatic heterocycles. The first kappa shape index (κ1) is 13.2. The Kier molecular flexibility index (Phi) is 3.35. The average Bonchev–Trinajstić information content (AvgIpc) is 2.93. The van der Waals surface area contributed by atoms with Gasteiger partial charge in [0.2, 0.25) is 0 Å². The number of aromatic nitrogens is 1. The van der Waals surface area contributed by atoms with E-state index in [4.69, 9.17) is 16.9 Å². The molecule has 0 fully saturated rings. The summed E-state index contributed by atoms with van der Waals surface area (Å²) in [7, 11) is 0. The van der Waals surface area contributed by atoms with Crippen LogP contribution in [-0.2, 0) is 0 Å². The molecule has 0 aliphatic carbocycles. The number of H-pyrrole nitrogens is 1. The Bertz CT molecular complexity index is 844. The summed E-state index contributed by atoms with van der Waals surface area (Å²) in [5, 5.41) is 12.8. The van der Waals surface area contributed by atoms with Gasteiger partial charge in [0.15, 0.2) is 0 Å². The van der Waals surface area contributed by atoms with Crippen molar-refractivity contribution in [1.29, 1.82) is 5.26 Å². The second-order valence-corrected chi connectivity index (χ2v) is 4.94. The number of nitrogens with zero attached hydrogens (tertiary/aromatic N) is 1. The molecule has 0 atom stereocenters. The molecule has 1 amide bonds. The molecule has 0 bridgehead atoms. The highest BCUT2D eigenvalue weighted by molar-refractivity contribution is 6.34. The number of aromatic amines is 1. The van der Waals surface area contributed by atoms with E-state index in [2.05, 4.69) is 10.3 Å². The summed E-state index contributed by atoms with van der Waals surface area (Å²) in [5.41, 5.74) is 2.27. The first-order chi connectivity index (χ1) is 10.2. The fraction of sp³-hybridized carbons (Fsp3) is 0. The molecule has 0 spiro atoms. The molecule has 0 aliphatic rings. The molecular formula is C16H10ClN3O. The molecule has 0 unspecified atom stereocenters. The predicted molar refractivity (Wildman–Crippen MR) is 82.4 cm³/mol. The van der Waals surface area contributed by atoms with Gasteiger partial charge in [0.1, 0.15) is 5.69 Å². The van der Waals surface area contributed by atoms with E-state index >= 15 is 0 Å². The van der Waals surface area contributed by atoms with Gasteiger partial charge in [0.25, 0.3) is 5.91 Å². The number of hydrogen-bond acceptors (Lipinski definition) is 2. The van der Waals surface area contributed by atoms with Crippen LogP contribution < -0.4 is 5.32 Å². The topological polar surface area (TPSA) is 68.7 Å². The first-order valence-electron chi connectivity index (χ1n) is 6.26. The lowest BCUT2D eigenvalue weighted by molar-refractivity contribution is 0.102. The summed E-state index contributed by atoms with van der Waals surface area (Å²) in [6.45, 7) is 0. The Morgan fingerprint density at radius 1 is 1.19 bits per heavy atom. The van der Waals surface area contributed by atoms with Crippen LogP contribution in [0.3, 0.4) is 0 Å². The zero-order chi connectivity index (χ0) is 14.8. The molecule has 2 N–H and O–H groups in total. The van der Waals surface area contributed by atoms with Gasteiger partial charge in [-0.2, -0.15) is 5.26 Å². The van der Waals surface area contributed by atoms with Gasteiger partial charge < -0.3 is 10.3 Å². The van der Waals surface area contributed by atoms with Crippen LogP contribution in [0.2, 0.25) is 5.02 Å². The van der Waals surface area contributed by atoms with Crippen molar-refractivity contribution in [3.63, 3.8) is 0 Å². The number of fused-ring (bicyclic) bond motifs is 1. The fourth-order valence-electron chi connectivity index (χ4n) is 2.07. The maximum Gasteiger partial charge on any atom is 0.272 e. The largest absolute Gasteiger partial charge is 0.351 e. The number of amides is 1. The minimum absolute atomic E-state index is 0.280. The van der Waals surface area contributed by atoms with Crippen LogP contribution >= 0.6 is 11.6 Å². The molecule has 2 aromatic carbocycles. The lowest BCUT2D eigenvalue weighted by atomic mass is 10.2. The molecule has 1 heterocycles. The number of carbonyl (C=O) groups is 1. The third kappa shape index (κ3) is 2.60. The summed E-state index contributed by atoms with van der Waals surface area (Å²) in [6, 6.07) is 16.2. The van der Waals surface area contributed by atoms with Crippen molar-refractivity contribution in [3.05, 3.63) is 64.8 Å². The number of anilines is 1. The summed E-state index contributed by atoms with van der Waals surface area (Å²) in [4.78, 5) is 15.3. The van der Waals surface area contributed by atoms with E-state index < -0.39 is 0 Å². The van der Waals surface area contributed by atoms with Gasteiger partial charge in [-0.05, 0) is 30.3 Å². The number of para-hydroxylation sites is 1. The number of nitriles is 1. The van der Waals surface area contributed by atoms with Gasteiger partial charge in [0, 0.05) is 10.9 Å². The van der Waals surface area contributed by atoms with Crippen LogP contribution in [0.1, 0.15) is 16.1 Å². The third-order valence-electron chi connectivity index (χ3n) is 3.12. The van der Waals surface area contributed by atoms with Gasteiger partial charge >= 0.3 is 0 Å². The summed E-state index contributed by atoms with van der Waals surface area (Å²) >= 11 is 6.04. The van der Waals surface area contributed by atoms with Gasteiger partial charge in [-0.15, -0.1) is 0 Å². The third-order valence-corrected chi connectivity index (χ3v) is 3.43. The standard InChI is InChI=1S/C16H10ClN3O/c17-12-7-10(9-18)5-6-14(12)20-16(21)15-8-11-3-1-2-4-13(11)19-15/h1-8,19H,(H,20,21). The Morgan fingerprint density at radius 3 is 2.71 bits per heavy atom. The Labute approximate surface area is 126 Å². The maximum absolute atomic E-state index is 12.2. The molecule has 0 radical (unpaired) electrons. The van der Waals surface area contributed by atoms with Crippen molar-refractivity contribution < 1.29 is 4.79 Å². The van der Waals surface area contributed by atoms with E-state index in [0.29, 0.717) is 22.0 Å². The Hall–Kier alpha value is -2.77. The second kappa shape index (κ2) is 5.31. The number of carbonyl (C=O) groups excluding carboxylic acids is 1. The number of nitrogens with one attached hydrogen (secondary N) is 2. The molecule has 0 aliphatic heterocycles. The van der Waals surface area contributed by atoms with Gasteiger partial charge in [0.05, 0.1) is 22.3 Å². The van der Waals surface area contributed by atoms with Crippen molar-refractivity contribution in [2.24, 2.45) is 0 Å². The first-order valence-corrected chi connectivity index (χ1v) is 6.64. The van der Waals surface area contributed by atoms with Crippen molar-refractivity contribution in [1.82, 2.24) is 4.98 Å². The maximum atomic E-state index is 12.2. The lowest BCUT2D eigenvalue weighted by Crippen LogP contribution is -2.12. The minimum atomic E-state index is -0.280. The second-order valence-electron chi connectivity index (χ2n) is 4.53. The summed E-state index contributed by atoms with van der Waals surface area (Å²) < 4.78 is 0. The smallest absolute Gasteiger partial charge is 0.272 e. The molecule has 5 heteroatoms. The van der Waals surface area contributed by atoms with Crippen molar-refractivity contribution in [2.75, 3.05) is 5.32 Å². The van der Waals surface area contributed by atoms with Crippen LogP contribution in [0.25, 0.3) is 10.9 Å². The minimum Gasteiger partial charge on any atom is -0.351 e. The van der Waals surface area contributed by atoms with Gasteiger partial charge in [-0.3, -0.25) is 4.79 Å². The van der Waals surface area contributed by atoms with Crippen LogP contribution in [0.15, 0.2) is 48.5 Å². The average molecular weight is 296 g/mol. The zero-order valence-corrected chi connectivity index (χ0v) is 11.6. The van der Waals surface area contributed by atoms with E-state index in [1.54, 1.807) is 18.2 Å². The summed E-state index contributed by atoms with van der Waals surface area (Å²) in [6.07, 6.45) is 0. The van der Waals surface area contributed by atoms with E-state index in [1.165, 1.54) is 6.07 Å². The number of halogens is 1. The molecule has 0 saturated heterocycles. The van der Waals surface area contributed by atoms with Crippen molar-refractivity contribution in [3.8, 4) is 6.07 Å². The highest BCUT2D eigenvalue weighted by atomic mass is 35.5. The monoisotopic (exact) mass is 295 g/mol. The Morgan fingerprint density at radius 2 is 2.00 bits per heavy atom. The summed E-state index contributed by atoms with van der Waals surface area (Å²) in [5.74, 6) is -0.280. The predicted octanol–water partition coefficient (Wildman–Crippen LogP) is 3.95. The normalized spacial score (nSPS) is 10.3. The molecule has 102 valence electrons. The van der Waals surface area contributed by atoms with Crippen LogP contribution in [0, 0.1) is 11.3 Å². The zero-order valence-electron chi connectivity index (χ0n) is 10.9. The number of benzene rings is 2. The highest BCUT2D eigenvalue weighted by Crippen LogP contribution is 2.24. The number of hydrogen-bond donors (Lipinski definition) is 2. The van der Waals surface area contributed by atoms with Gasteiger partial charge in [-0.25, -0.2) is 0 Å². The Balaban J connectivity index is 1.88. The lowest BCUT2D eigenvalue weighted by Gasteiger charge is -2.06. The molecule has 21 heavy (non-hydrogen) atoms. The van der Waals surface area contributed by atoms with Crippen LogP contribution in [0.4, 0.5) is 5.69 Å². The van der Waals surface area contributed by atoms with Gasteiger partial charge in [-0.1, -0.05) is 29.8 Å². The van der Waals surface area contributed by atoms with Crippen molar-refractivity contribution in [2.45, 2.75) is 0 Å². The molecule has 0 saturated carbocycles. The van der Waals surface area contributed by atoms with E-state index in [-0.39, 0.29) is 5.91 Å². The molecule has 4 nitrogen and oxygen atoms in total. The van der Waals surface area contributed by atoms with Crippen LogP contribution in [-0.4, -0.2) is 10.9 Å². The van der Waals surface area contributed by atoms with Crippen molar-refractivity contribution >= 4 is 34.1 Å². The van der Waals surface area contributed by atoms with E-state index in [0.717, 1.165) is 10.9 Å². The quantitative estimate of drug-likeness (QED) is 0.751. The van der Waals surface area contributed by atoms with Crippen LogP contribution in [0.5, 0.6) is 0 Å².